The van der Waals surface area contributed by atoms with E-state index in [1.54, 1.807) is 48.5 Å². The molecule has 0 radical (unpaired) electrons. The van der Waals surface area contributed by atoms with Crippen molar-refractivity contribution < 1.29 is 19.3 Å². The van der Waals surface area contributed by atoms with Gasteiger partial charge >= 0.3 is 0 Å². The zero-order chi connectivity index (χ0) is 31.6. The summed E-state index contributed by atoms with van der Waals surface area (Å²) in [5.74, 6) is -1.20. The molecule has 0 unspecified atom stereocenters. The molecule has 0 aliphatic carbocycles. The molecule has 1 heterocycles. The van der Waals surface area contributed by atoms with E-state index in [4.69, 9.17) is 0 Å². The van der Waals surface area contributed by atoms with Crippen LogP contribution in [0, 0.1) is 10.1 Å². The van der Waals surface area contributed by atoms with Gasteiger partial charge in [0.2, 0.25) is 5.91 Å². The molecule has 3 N–H and O–H groups in total. The van der Waals surface area contributed by atoms with Crippen LogP contribution in [0.15, 0.2) is 125 Å². The van der Waals surface area contributed by atoms with Gasteiger partial charge in [-0.1, -0.05) is 54.6 Å². The average Bonchev–Trinajstić information content (AvgIpc) is 3.53. The maximum atomic E-state index is 13.4. The summed E-state index contributed by atoms with van der Waals surface area (Å²) in [5.41, 5.74) is 2.87. The number of nitrogens with zero attached hydrogens (tertiary/aromatic N) is 2. The van der Waals surface area contributed by atoms with Gasteiger partial charge in [0.15, 0.2) is 5.13 Å². The molecule has 0 aliphatic rings. The molecular weight excluding hydrogens is 611 g/mol. The Bertz CT molecular complexity index is 1860. The molecule has 0 spiro atoms. The van der Waals surface area contributed by atoms with Crippen LogP contribution in [0.2, 0.25) is 0 Å². The van der Waals surface area contributed by atoms with Gasteiger partial charge in [-0.25, -0.2) is 4.98 Å². The third kappa shape index (κ3) is 8.72. The Balaban J connectivity index is 1.24. The third-order valence-electron chi connectivity index (χ3n) is 6.23. The summed E-state index contributed by atoms with van der Waals surface area (Å²) in [6.07, 6.45) is 1.44. The van der Waals surface area contributed by atoms with Crippen LogP contribution in [0.3, 0.4) is 0 Å². The first kappa shape index (κ1) is 30.9. The van der Waals surface area contributed by atoms with E-state index >= 15 is 0 Å². The molecule has 12 heteroatoms. The SMILES string of the molecule is O=C(CSc1cccc(NC(=O)/C(=C\c2ccc([N+](=O)[O-])cc2)NC(=O)c2ccccc2)c1)Nc1nc(-c2ccccc2)cs1. The van der Waals surface area contributed by atoms with Crippen molar-refractivity contribution in [1.82, 2.24) is 10.3 Å². The lowest BCUT2D eigenvalue weighted by molar-refractivity contribution is -0.384. The van der Waals surface area contributed by atoms with Gasteiger partial charge < -0.3 is 16.0 Å². The van der Waals surface area contributed by atoms with Crippen molar-refractivity contribution in [3.63, 3.8) is 0 Å². The molecule has 224 valence electrons. The fraction of sp³-hybridized carbons (Fsp3) is 0.0303. The van der Waals surface area contributed by atoms with Gasteiger partial charge in [-0.15, -0.1) is 23.1 Å². The summed E-state index contributed by atoms with van der Waals surface area (Å²) in [5, 5.41) is 21.7. The second-order valence-electron chi connectivity index (χ2n) is 9.45. The number of nitro benzene ring substituents is 1. The molecule has 0 bridgehead atoms. The number of carbonyl (C=O) groups excluding carboxylic acids is 3. The lowest BCUT2D eigenvalue weighted by atomic mass is 10.1. The number of hydrogen-bond acceptors (Lipinski definition) is 8. The number of anilines is 2. The Hall–Kier alpha value is -5.59. The first-order valence-electron chi connectivity index (χ1n) is 13.5. The van der Waals surface area contributed by atoms with Crippen molar-refractivity contribution in [2.45, 2.75) is 4.90 Å². The number of hydrogen-bond donors (Lipinski definition) is 3. The molecular formula is C33H25N5O5S2. The molecule has 4 aromatic carbocycles. The lowest BCUT2D eigenvalue weighted by Gasteiger charge is -2.12. The van der Waals surface area contributed by atoms with Crippen molar-refractivity contribution >= 4 is 63.4 Å². The number of carbonyl (C=O) groups is 3. The summed E-state index contributed by atoms with van der Waals surface area (Å²) in [7, 11) is 0. The normalized spacial score (nSPS) is 11.0. The predicted molar refractivity (Wildman–Crippen MR) is 177 cm³/mol. The van der Waals surface area contributed by atoms with Crippen LogP contribution in [0.1, 0.15) is 15.9 Å². The van der Waals surface area contributed by atoms with E-state index in [9.17, 15) is 24.5 Å². The number of thioether (sulfide) groups is 1. The first-order valence-corrected chi connectivity index (χ1v) is 15.4. The van der Waals surface area contributed by atoms with Crippen LogP contribution in [0.4, 0.5) is 16.5 Å². The molecule has 10 nitrogen and oxygen atoms in total. The van der Waals surface area contributed by atoms with Gasteiger partial charge in [0.1, 0.15) is 5.70 Å². The summed E-state index contributed by atoms with van der Waals surface area (Å²) in [4.78, 5) is 54.6. The molecule has 0 atom stereocenters. The number of aromatic nitrogens is 1. The second-order valence-corrected chi connectivity index (χ2v) is 11.4. The molecule has 1 aromatic heterocycles. The maximum absolute atomic E-state index is 13.4. The highest BCUT2D eigenvalue weighted by molar-refractivity contribution is 8.00. The fourth-order valence-corrected chi connectivity index (χ4v) is 5.53. The van der Waals surface area contributed by atoms with Crippen molar-refractivity contribution in [2.24, 2.45) is 0 Å². The number of nitro groups is 1. The summed E-state index contributed by atoms with van der Waals surface area (Å²) in [6.45, 7) is 0. The Morgan fingerprint density at radius 1 is 0.867 bits per heavy atom. The molecule has 5 rings (SSSR count). The Morgan fingerprint density at radius 2 is 1.58 bits per heavy atom. The van der Waals surface area contributed by atoms with E-state index < -0.39 is 16.7 Å². The topological polar surface area (TPSA) is 143 Å². The number of non-ortho nitro benzene ring substituents is 1. The summed E-state index contributed by atoms with van der Waals surface area (Å²) in [6, 6.07) is 30.7. The second kappa shape index (κ2) is 14.7. The smallest absolute Gasteiger partial charge is 0.272 e. The molecule has 45 heavy (non-hydrogen) atoms. The van der Waals surface area contributed by atoms with E-state index in [-0.39, 0.29) is 23.0 Å². The van der Waals surface area contributed by atoms with Crippen LogP contribution in [0.5, 0.6) is 0 Å². The number of rotatable bonds is 11. The van der Waals surface area contributed by atoms with Gasteiger partial charge in [-0.3, -0.25) is 24.5 Å². The van der Waals surface area contributed by atoms with Gasteiger partial charge in [0.05, 0.1) is 16.4 Å². The van der Waals surface area contributed by atoms with Crippen molar-refractivity contribution in [3.8, 4) is 11.3 Å². The highest BCUT2D eigenvalue weighted by atomic mass is 32.2. The van der Waals surface area contributed by atoms with E-state index in [1.807, 2.05) is 41.8 Å². The molecule has 5 aromatic rings. The predicted octanol–water partition coefficient (Wildman–Crippen LogP) is 6.86. The van der Waals surface area contributed by atoms with Crippen molar-refractivity contribution in [3.05, 3.63) is 142 Å². The molecule has 0 saturated heterocycles. The van der Waals surface area contributed by atoms with Crippen molar-refractivity contribution in [2.75, 3.05) is 16.4 Å². The van der Waals surface area contributed by atoms with Crippen LogP contribution >= 0.6 is 23.1 Å². The number of nitrogens with one attached hydrogen (secondary N) is 3. The molecule has 0 saturated carbocycles. The molecule has 0 fully saturated rings. The standard InChI is InChI=1S/C33H25N5O5S2/c39-30(37-33-36-29(20-45-33)23-8-3-1-4-9-23)21-44-27-13-7-12-25(19-27)34-32(41)28(35-31(40)24-10-5-2-6-11-24)18-22-14-16-26(17-15-22)38(42)43/h1-20H,21H2,(H,34,41)(H,35,40)(H,36,37,39)/b28-18+. The highest BCUT2D eigenvalue weighted by Crippen LogP contribution is 2.26. The Kier molecular flexibility index (Phi) is 10.1. The van der Waals surface area contributed by atoms with Gasteiger partial charge in [0.25, 0.3) is 17.5 Å². The van der Waals surface area contributed by atoms with E-state index in [1.165, 1.54) is 53.4 Å². The summed E-state index contributed by atoms with van der Waals surface area (Å²) < 4.78 is 0. The fourth-order valence-electron chi connectivity index (χ4n) is 4.04. The third-order valence-corrected chi connectivity index (χ3v) is 7.98. The highest BCUT2D eigenvalue weighted by Gasteiger charge is 2.16. The van der Waals surface area contributed by atoms with E-state index in [2.05, 4.69) is 20.9 Å². The monoisotopic (exact) mass is 635 g/mol. The zero-order valence-electron chi connectivity index (χ0n) is 23.5. The minimum Gasteiger partial charge on any atom is -0.321 e. The van der Waals surface area contributed by atoms with Crippen LogP contribution in [-0.2, 0) is 9.59 Å². The minimum atomic E-state index is -0.601. The average molecular weight is 636 g/mol. The minimum absolute atomic E-state index is 0.0616. The quantitative estimate of drug-likeness (QED) is 0.0623. The largest absolute Gasteiger partial charge is 0.321 e. The van der Waals surface area contributed by atoms with Gasteiger partial charge in [-0.05, 0) is 54.1 Å². The molecule has 3 amide bonds. The number of thiazole rings is 1. The van der Waals surface area contributed by atoms with Crippen LogP contribution < -0.4 is 16.0 Å². The number of amides is 3. The van der Waals surface area contributed by atoms with Crippen LogP contribution in [-0.4, -0.2) is 33.4 Å². The maximum Gasteiger partial charge on any atom is 0.272 e. The lowest BCUT2D eigenvalue weighted by Crippen LogP contribution is -2.30. The first-order chi connectivity index (χ1) is 21.8. The number of benzene rings is 4. The molecule has 0 aliphatic heterocycles. The Morgan fingerprint density at radius 3 is 2.29 bits per heavy atom. The Labute approximate surface area is 266 Å². The van der Waals surface area contributed by atoms with E-state index in [0.717, 1.165) is 16.2 Å². The van der Waals surface area contributed by atoms with Crippen LogP contribution in [0.25, 0.3) is 17.3 Å². The van der Waals surface area contributed by atoms with Crippen molar-refractivity contribution in [1.29, 1.82) is 0 Å². The van der Waals surface area contributed by atoms with Gasteiger partial charge in [0, 0.05) is 39.2 Å². The zero-order valence-corrected chi connectivity index (χ0v) is 25.1. The van der Waals surface area contributed by atoms with E-state index in [0.29, 0.717) is 21.9 Å². The summed E-state index contributed by atoms with van der Waals surface area (Å²) >= 11 is 2.64. The van der Waals surface area contributed by atoms with Gasteiger partial charge in [-0.2, -0.15) is 0 Å².